The van der Waals surface area contributed by atoms with Crippen molar-refractivity contribution < 1.29 is 4.79 Å². The van der Waals surface area contributed by atoms with Crippen LogP contribution in [0.2, 0.25) is 0 Å². The number of nitrogens with zero attached hydrogens (tertiary/aromatic N) is 5. The van der Waals surface area contributed by atoms with E-state index in [1.54, 1.807) is 17.1 Å². The Balaban J connectivity index is 1.34. The van der Waals surface area contributed by atoms with Gasteiger partial charge in [0.1, 0.15) is 6.54 Å². The van der Waals surface area contributed by atoms with Gasteiger partial charge in [-0.2, -0.15) is 10.2 Å². The van der Waals surface area contributed by atoms with Gasteiger partial charge < -0.3 is 5.32 Å². The van der Waals surface area contributed by atoms with E-state index < -0.39 is 0 Å². The van der Waals surface area contributed by atoms with Gasteiger partial charge in [-0.05, 0) is 49.1 Å². The Morgan fingerprint density at radius 2 is 1.88 bits per heavy atom. The summed E-state index contributed by atoms with van der Waals surface area (Å²) < 4.78 is 3.48. The largest absolute Gasteiger partial charge is 0.322 e. The quantitative estimate of drug-likeness (QED) is 0.399. The Morgan fingerprint density at radius 1 is 1.03 bits per heavy atom. The van der Waals surface area contributed by atoms with Crippen molar-refractivity contribution in [3.63, 3.8) is 0 Å². The van der Waals surface area contributed by atoms with Crippen molar-refractivity contribution in [2.24, 2.45) is 0 Å². The zero-order chi connectivity index (χ0) is 23.7. The third kappa shape index (κ3) is 4.32. The average Bonchev–Trinajstić information content (AvgIpc) is 3.39. The van der Waals surface area contributed by atoms with E-state index >= 15 is 0 Å². The highest BCUT2D eigenvalue weighted by molar-refractivity contribution is 5.96. The minimum Gasteiger partial charge on any atom is -0.322 e. The highest BCUT2D eigenvalue weighted by atomic mass is 16.2. The molecular weight excluding hydrogens is 424 g/mol. The van der Waals surface area contributed by atoms with E-state index in [4.69, 9.17) is 0 Å². The number of fused-ring (bicyclic) bond motifs is 1. The van der Waals surface area contributed by atoms with Crippen molar-refractivity contribution in [1.29, 1.82) is 0 Å². The molecule has 0 unspecified atom stereocenters. The van der Waals surface area contributed by atoms with Crippen LogP contribution in [0.25, 0.3) is 22.2 Å². The summed E-state index contributed by atoms with van der Waals surface area (Å²) >= 11 is 0. The van der Waals surface area contributed by atoms with Crippen LogP contribution >= 0.6 is 0 Å². The van der Waals surface area contributed by atoms with Crippen LogP contribution in [0.1, 0.15) is 22.4 Å². The molecule has 0 atom stereocenters. The number of amides is 1. The van der Waals surface area contributed by atoms with Crippen molar-refractivity contribution in [3.8, 4) is 11.1 Å². The number of nitrogens with one attached hydrogen (secondary N) is 1. The Morgan fingerprint density at radius 3 is 2.71 bits per heavy atom. The number of benzene rings is 2. The van der Waals surface area contributed by atoms with Gasteiger partial charge in [-0.3, -0.25) is 9.48 Å². The lowest BCUT2D eigenvalue weighted by atomic mass is 10.0. The van der Waals surface area contributed by atoms with Crippen LogP contribution in [0, 0.1) is 20.8 Å². The first kappa shape index (κ1) is 21.6. The van der Waals surface area contributed by atoms with Crippen molar-refractivity contribution in [3.05, 3.63) is 95.6 Å². The Labute approximate surface area is 198 Å². The molecule has 0 radical (unpaired) electrons. The Hall–Kier alpha value is -4.26. The summed E-state index contributed by atoms with van der Waals surface area (Å²) in [5, 5.41) is 12.9. The predicted octanol–water partition coefficient (Wildman–Crippen LogP) is 4.91. The maximum Gasteiger partial charge on any atom is 0.246 e. The van der Waals surface area contributed by atoms with Crippen molar-refractivity contribution >= 4 is 22.6 Å². The fraction of sp³-hybridized carbons (Fsp3) is 0.185. The summed E-state index contributed by atoms with van der Waals surface area (Å²) in [6, 6.07) is 18.5. The monoisotopic (exact) mass is 450 g/mol. The highest BCUT2D eigenvalue weighted by Gasteiger charge is 2.16. The Bertz CT molecular complexity index is 1500. The summed E-state index contributed by atoms with van der Waals surface area (Å²) in [7, 11) is 0. The van der Waals surface area contributed by atoms with Crippen LogP contribution in [-0.2, 0) is 17.9 Å². The summed E-state index contributed by atoms with van der Waals surface area (Å²) in [4.78, 5) is 17.4. The molecule has 0 fully saturated rings. The second-order valence-electron chi connectivity index (χ2n) is 8.57. The zero-order valence-corrected chi connectivity index (χ0v) is 19.5. The van der Waals surface area contributed by atoms with Crippen molar-refractivity contribution in [2.45, 2.75) is 33.9 Å². The van der Waals surface area contributed by atoms with Gasteiger partial charge in [0.25, 0.3) is 0 Å². The third-order valence-electron chi connectivity index (χ3n) is 5.94. The number of hydrogen-bond acceptors (Lipinski definition) is 4. The van der Waals surface area contributed by atoms with Crippen LogP contribution in [0.3, 0.4) is 0 Å². The first-order valence-electron chi connectivity index (χ1n) is 11.2. The normalized spacial score (nSPS) is 11.1. The smallest absolute Gasteiger partial charge is 0.246 e. The highest BCUT2D eigenvalue weighted by Crippen LogP contribution is 2.30. The second kappa shape index (κ2) is 8.94. The number of carbonyl (C=O) groups is 1. The van der Waals surface area contributed by atoms with Crippen LogP contribution in [0.15, 0.2) is 73.2 Å². The molecule has 0 bridgehead atoms. The molecule has 1 amide bonds. The number of aromatic nitrogens is 5. The SMILES string of the molecule is Cc1cccc(-c2ccnc3c2c(C)nn3CC(=O)Nc2cnn(Cc3ccccc3C)c2)c1. The molecule has 34 heavy (non-hydrogen) atoms. The summed E-state index contributed by atoms with van der Waals surface area (Å²) in [5.41, 5.74) is 7.96. The molecule has 2 aromatic carbocycles. The number of rotatable bonds is 6. The maximum atomic E-state index is 12.8. The average molecular weight is 451 g/mol. The van der Waals surface area contributed by atoms with Crippen LogP contribution < -0.4 is 5.32 Å². The minimum atomic E-state index is -0.178. The lowest BCUT2D eigenvalue weighted by molar-refractivity contribution is -0.116. The van der Waals surface area contributed by atoms with E-state index in [1.807, 2.05) is 42.1 Å². The van der Waals surface area contributed by atoms with Gasteiger partial charge in [-0.25, -0.2) is 9.67 Å². The van der Waals surface area contributed by atoms with Gasteiger partial charge in [0.2, 0.25) is 5.91 Å². The fourth-order valence-corrected chi connectivity index (χ4v) is 4.26. The number of pyridine rings is 1. The predicted molar refractivity (Wildman–Crippen MR) is 134 cm³/mol. The van der Waals surface area contributed by atoms with E-state index in [2.05, 4.69) is 64.7 Å². The van der Waals surface area contributed by atoms with E-state index in [0.29, 0.717) is 17.9 Å². The molecule has 170 valence electrons. The minimum absolute atomic E-state index is 0.0670. The van der Waals surface area contributed by atoms with Gasteiger partial charge in [0, 0.05) is 17.8 Å². The van der Waals surface area contributed by atoms with Crippen molar-refractivity contribution in [1.82, 2.24) is 24.5 Å². The number of anilines is 1. The lowest BCUT2D eigenvalue weighted by Gasteiger charge is -2.07. The first-order chi connectivity index (χ1) is 16.5. The first-order valence-corrected chi connectivity index (χ1v) is 11.2. The van der Waals surface area contributed by atoms with Gasteiger partial charge in [0.15, 0.2) is 5.65 Å². The molecule has 0 saturated heterocycles. The third-order valence-corrected chi connectivity index (χ3v) is 5.94. The molecule has 0 aliphatic rings. The zero-order valence-electron chi connectivity index (χ0n) is 19.5. The molecule has 0 spiro atoms. The van der Waals surface area contributed by atoms with Crippen molar-refractivity contribution in [2.75, 3.05) is 5.32 Å². The molecule has 1 N–H and O–H groups in total. The fourth-order valence-electron chi connectivity index (χ4n) is 4.26. The standard InChI is InChI=1S/C27H26N6O/c1-18-7-6-10-21(13-18)24-11-12-28-27-26(24)20(3)31-33(27)17-25(34)30-23-14-29-32(16-23)15-22-9-5-4-8-19(22)2/h4-14,16H,15,17H2,1-3H3,(H,30,34). The van der Waals surface area contributed by atoms with Gasteiger partial charge >= 0.3 is 0 Å². The number of carbonyl (C=O) groups excluding carboxylic acids is 1. The molecule has 7 nitrogen and oxygen atoms in total. The van der Waals surface area contributed by atoms with Gasteiger partial charge in [-0.15, -0.1) is 0 Å². The van der Waals surface area contributed by atoms with Crippen LogP contribution in [0.4, 0.5) is 5.69 Å². The Kier molecular flexibility index (Phi) is 5.67. The lowest BCUT2D eigenvalue weighted by Crippen LogP contribution is -2.19. The molecule has 3 aromatic heterocycles. The van der Waals surface area contributed by atoms with E-state index in [9.17, 15) is 4.79 Å². The van der Waals surface area contributed by atoms with Crippen LogP contribution in [-0.4, -0.2) is 30.5 Å². The summed E-state index contributed by atoms with van der Waals surface area (Å²) in [6.45, 7) is 6.82. The van der Waals surface area contributed by atoms with E-state index in [0.717, 1.165) is 22.2 Å². The number of hydrogen-bond donors (Lipinski definition) is 1. The molecule has 5 aromatic rings. The molecule has 7 heteroatoms. The topological polar surface area (TPSA) is 77.6 Å². The van der Waals surface area contributed by atoms with Gasteiger partial charge in [0.05, 0.1) is 24.1 Å². The van der Waals surface area contributed by atoms with Crippen LogP contribution in [0.5, 0.6) is 0 Å². The van der Waals surface area contributed by atoms with E-state index in [-0.39, 0.29) is 12.5 Å². The summed E-state index contributed by atoms with van der Waals surface area (Å²) in [6.07, 6.45) is 5.27. The molecule has 5 rings (SSSR count). The maximum absolute atomic E-state index is 12.8. The molecule has 3 heterocycles. The molecule has 0 aliphatic heterocycles. The molecular formula is C27H26N6O. The van der Waals surface area contributed by atoms with Gasteiger partial charge in [-0.1, -0.05) is 54.1 Å². The molecule has 0 aliphatic carbocycles. The van der Waals surface area contributed by atoms with E-state index in [1.165, 1.54) is 16.7 Å². The number of aryl methyl sites for hydroxylation is 3. The molecule has 0 saturated carbocycles. The second-order valence-corrected chi connectivity index (χ2v) is 8.57. The summed E-state index contributed by atoms with van der Waals surface area (Å²) in [5.74, 6) is -0.178.